The van der Waals surface area contributed by atoms with Crippen LogP contribution in [0.5, 0.6) is 11.5 Å². The second kappa shape index (κ2) is 11.9. The van der Waals surface area contributed by atoms with E-state index in [4.69, 9.17) is 4.74 Å². The first-order valence-corrected chi connectivity index (χ1v) is 19.1. The van der Waals surface area contributed by atoms with Gasteiger partial charge < -0.3 is 9.64 Å². The van der Waals surface area contributed by atoms with Crippen LogP contribution in [0.15, 0.2) is 176 Å². The van der Waals surface area contributed by atoms with E-state index in [1.807, 2.05) is 36.4 Å². The predicted octanol–water partition coefficient (Wildman–Crippen LogP) is 12.9. The monoisotopic (exact) mass is 717 g/mol. The third kappa shape index (κ3) is 4.20. The number of fused-ring (bicyclic) bond motifs is 11. The van der Waals surface area contributed by atoms with Gasteiger partial charge in [-0.3, -0.25) is 4.98 Å². The van der Waals surface area contributed by atoms with Crippen molar-refractivity contribution in [2.24, 2.45) is 0 Å². The predicted molar refractivity (Wildman–Crippen MR) is 224 cm³/mol. The van der Waals surface area contributed by atoms with Crippen LogP contribution < -0.4 is 9.64 Å². The van der Waals surface area contributed by atoms with E-state index in [1.54, 1.807) is 6.20 Å². The van der Waals surface area contributed by atoms with E-state index in [1.165, 1.54) is 33.4 Å². The van der Waals surface area contributed by atoms with Crippen molar-refractivity contribution in [3.05, 3.63) is 215 Å². The Hall–Kier alpha value is -7.22. The molecule has 0 radical (unpaired) electrons. The molecule has 8 aromatic rings. The fourth-order valence-corrected chi connectivity index (χ4v) is 9.88. The molecule has 0 bridgehead atoms. The van der Waals surface area contributed by atoms with Gasteiger partial charge in [-0.05, 0) is 63.7 Å². The number of nitriles is 1. The maximum absolute atomic E-state index is 10.9. The lowest BCUT2D eigenvalue weighted by molar-refractivity contribution is 0.439. The van der Waals surface area contributed by atoms with Gasteiger partial charge in [0.15, 0.2) is 5.75 Å². The quantitative estimate of drug-likeness (QED) is 0.183. The molecule has 0 saturated carbocycles. The average Bonchev–Trinajstić information content (AvgIpc) is 3.54. The highest BCUT2D eigenvalue weighted by molar-refractivity contribution is 5.95. The van der Waals surface area contributed by atoms with Crippen LogP contribution in [0.2, 0.25) is 0 Å². The van der Waals surface area contributed by atoms with Gasteiger partial charge in [0.25, 0.3) is 0 Å². The Morgan fingerprint density at radius 2 is 0.946 bits per heavy atom. The lowest BCUT2D eigenvalue weighted by atomic mass is 9.65. The Morgan fingerprint density at radius 3 is 1.59 bits per heavy atom. The maximum Gasteiger partial charge on any atom is 0.156 e. The number of aromatic nitrogens is 1. The zero-order valence-corrected chi connectivity index (χ0v) is 31.0. The molecule has 2 aliphatic heterocycles. The molecule has 4 nitrogen and oxygen atoms in total. The molecule has 11 rings (SSSR count). The highest BCUT2D eigenvalue weighted by atomic mass is 16.5. The molecule has 4 heteroatoms. The van der Waals surface area contributed by atoms with Gasteiger partial charge in [-0.1, -0.05) is 153 Å². The lowest BCUT2D eigenvalue weighted by Crippen LogP contribution is -2.34. The van der Waals surface area contributed by atoms with Crippen LogP contribution >= 0.6 is 0 Å². The highest BCUT2D eigenvalue weighted by Gasteiger charge is 2.52. The van der Waals surface area contributed by atoms with Crippen molar-refractivity contribution in [3.63, 3.8) is 0 Å². The summed E-state index contributed by atoms with van der Waals surface area (Å²) in [5, 5.41) is 10.9. The van der Waals surface area contributed by atoms with Crippen LogP contribution in [0.3, 0.4) is 0 Å². The minimum atomic E-state index is -0.707. The third-order valence-corrected chi connectivity index (χ3v) is 12.3. The third-order valence-electron chi connectivity index (χ3n) is 12.3. The minimum Gasteiger partial charge on any atom is -0.454 e. The number of hydrogen-bond donors (Lipinski definition) is 0. The van der Waals surface area contributed by atoms with Crippen LogP contribution in [0.25, 0.3) is 33.5 Å². The number of benzene rings is 7. The molecule has 0 amide bonds. The zero-order chi connectivity index (χ0) is 37.6. The molecule has 0 unspecified atom stereocenters. The second-order valence-electron chi connectivity index (χ2n) is 15.3. The second-order valence-corrected chi connectivity index (χ2v) is 15.3. The number of anilines is 3. The molecule has 0 N–H and O–H groups in total. The van der Waals surface area contributed by atoms with Gasteiger partial charge in [-0.25, -0.2) is 0 Å². The molecule has 264 valence electrons. The molecule has 0 atom stereocenters. The van der Waals surface area contributed by atoms with Crippen LogP contribution in [-0.4, -0.2) is 4.98 Å². The summed E-state index contributed by atoms with van der Waals surface area (Å²) in [5.41, 5.74) is 15.5. The number of ether oxygens (including phenoxy) is 1. The molecular formula is C52H35N3O. The summed E-state index contributed by atoms with van der Waals surface area (Å²) in [4.78, 5) is 7.03. The minimum absolute atomic E-state index is 0.212. The van der Waals surface area contributed by atoms with Gasteiger partial charge in [0.1, 0.15) is 11.8 Å². The molecule has 3 aliphatic rings. The molecule has 0 fully saturated rings. The van der Waals surface area contributed by atoms with Crippen molar-refractivity contribution in [2.45, 2.75) is 24.7 Å². The molecular weight excluding hydrogens is 683 g/mol. The summed E-state index contributed by atoms with van der Waals surface area (Å²) in [5.74, 6) is 1.54. The highest BCUT2D eigenvalue weighted by Crippen LogP contribution is 2.66. The van der Waals surface area contributed by atoms with Gasteiger partial charge in [0, 0.05) is 39.4 Å². The van der Waals surface area contributed by atoms with Crippen molar-refractivity contribution in [2.75, 3.05) is 4.90 Å². The Bertz CT molecular complexity index is 2860. The van der Waals surface area contributed by atoms with Gasteiger partial charge in [0.2, 0.25) is 0 Å². The first kappa shape index (κ1) is 32.2. The lowest BCUT2D eigenvalue weighted by Gasteiger charge is -2.45. The topological polar surface area (TPSA) is 49.1 Å². The Morgan fingerprint density at radius 1 is 0.464 bits per heavy atom. The SMILES string of the molecule is CC1(C)c2ccccc2N(c2cccc3c2Oc2c(-c4cccc(-c5ccccn5)c4C#N)cccc2C32c3ccccc3-c3ccccc32)c2ccccc21. The van der Waals surface area contributed by atoms with E-state index in [0.717, 1.165) is 62.1 Å². The summed E-state index contributed by atoms with van der Waals surface area (Å²) < 4.78 is 7.52. The standard InChI is InChI=1S/C52H35N3O/c1-51(2)41-23-7-9-28-46(41)55(47-29-10-8-24-42(47)51)48-30-15-26-44-50(48)56-49-37(33-18-13-19-36(38(33)32-53)45-27-11-12-31-54-45)20-14-25-43(49)52(44)39-21-5-3-16-34(39)35-17-4-6-22-40(35)52/h3-31H,1-2H3. The molecule has 1 aliphatic carbocycles. The summed E-state index contributed by atoms with van der Waals surface area (Å²) >= 11 is 0. The summed E-state index contributed by atoms with van der Waals surface area (Å²) in [6, 6.07) is 62.6. The summed E-state index contributed by atoms with van der Waals surface area (Å²) in [6.07, 6.45) is 1.77. The van der Waals surface area contributed by atoms with Crippen molar-refractivity contribution in [1.82, 2.24) is 4.98 Å². The van der Waals surface area contributed by atoms with E-state index in [-0.39, 0.29) is 5.41 Å². The molecule has 1 aromatic heterocycles. The number of pyridine rings is 1. The first-order valence-electron chi connectivity index (χ1n) is 19.1. The average molecular weight is 718 g/mol. The molecule has 1 spiro atoms. The fourth-order valence-electron chi connectivity index (χ4n) is 9.88. The maximum atomic E-state index is 10.9. The van der Waals surface area contributed by atoms with Gasteiger partial charge >= 0.3 is 0 Å². The Balaban J connectivity index is 1.25. The molecule has 7 aromatic carbocycles. The Labute approximate surface area is 326 Å². The van der Waals surface area contributed by atoms with Crippen molar-refractivity contribution >= 4 is 17.1 Å². The van der Waals surface area contributed by atoms with E-state index in [9.17, 15) is 5.26 Å². The van der Waals surface area contributed by atoms with Gasteiger partial charge in [-0.15, -0.1) is 0 Å². The van der Waals surface area contributed by atoms with Crippen molar-refractivity contribution < 1.29 is 4.74 Å². The molecule has 56 heavy (non-hydrogen) atoms. The smallest absolute Gasteiger partial charge is 0.156 e. The number of rotatable bonds is 3. The van der Waals surface area contributed by atoms with E-state index >= 15 is 0 Å². The number of nitrogens with zero attached hydrogens (tertiary/aromatic N) is 3. The van der Waals surface area contributed by atoms with Crippen LogP contribution in [0, 0.1) is 11.3 Å². The van der Waals surface area contributed by atoms with E-state index < -0.39 is 5.41 Å². The Kier molecular flexibility index (Phi) is 6.84. The van der Waals surface area contributed by atoms with Crippen LogP contribution in [0.4, 0.5) is 17.1 Å². The summed E-state index contributed by atoms with van der Waals surface area (Å²) in [6.45, 7) is 4.63. The summed E-state index contributed by atoms with van der Waals surface area (Å²) in [7, 11) is 0. The van der Waals surface area contributed by atoms with E-state index in [0.29, 0.717) is 5.56 Å². The molecule has 3 heterocycles. The zero-order valence-electron chi connectivity index (χ0n) is 31.0. The van der Waals surface area contributed by atoms with Gasteiger partial charge in [0.05, 0.1) is 33.7 Å². The van der Waals surface area contributed by atoms with Crippen molar-refractivity contribution in [1.29, 1.82) is 5.26 Å². The largest absolute Gasteiger partial charge is 0.454 e. The van der Waals surface area contributed by atoms with E-state index in [2.05, 4.69) is 163 Å². The van der Waals surface area contributed by atoms with Crippen molar-refractivity contribution in [3.8, 4) is 51.1 Å². The fraction of sp³-hybridized carbons (Fsp3) is 0.0769. The number of para-hydroxylation sites is 4. The molecule has 0 saturated heterocycles. The van der Waals surface area contributed by atoms with Crippen LogP contribution in [-0.2, 0) is 10.8 Å². The normalized spacial score (nSPS) is 14.6. The van der Waals surface area contributed by atoms with Gasteiger partial charge in [-0.2, -0.15) is 5.26 Å². The number of hydrogen-bond acceptors (Lipinski definition) is 4. The first-order chi connectivity index (χ1) is 27.5. The van der Waals surface area contributed by atoms with Crippen LogP contribution in [0.1, 0.15) is 52.8 Å².